The van der Waals surface area contributed by atoms with Crippen molar-refractivity contribution in [1.29, 1.82) is 0 Å². The molecule has 2 atom stereocenters. The van der Waals surface area contributed by atoms with Crippen molar-refractivity contribution in [1.82, 2.24) is 5.32 Å². The number of Topliss-reactive ketones (excluding diaryl/α,β-unsaturated/α-hetero) is 2. The summed E-state index contributed by atoms with van der Waals surface area (Å²) in [4.78, 5) is 25.6. The Balaban J connectivity index is 2.28. The van der Waals surface area contributed by atoms with E-state index in [1.807, 2.05) is 0 Å². The summed E-state index contributed by atoms with van der Waals surface area (Å²) in [7, 11) is 0. The van der Waals surface area contributed by atoms with Gasteiger partial charge in [-0.15, -0.1) is 0 Å². The highest BCUT2D eigenvalue weighted by Gasteiger charge is 2.50. The van der Waals surface area contributed by atoms with Gasteiger partial charge in [-0.05, 0) is 26.0 Å². The fourth-order valence-corrected chi connectivity index (χ4v) is 3.10. The van der Waals surface area contributed by atoms with E-state index in [4.69, 9.17) is 5.73 Å². The van der Waals surface area contributed by atoms with Crippen molar-refractivity contribution in [2.24, 2.45) is 5.73 Å². The van der Waals surface area contributed by atoms with E-state index in [1.165, 1.54) is 18.2 Å². The first kappa shape index (κ1) is 15.8. The lowest BCUT2D eigenvalue weighted by Crippen LogP contribution is -2.58. The Morgan fingerprint density at radius 2 is 1.52 bits per heavy atom. The molecule has 3 rings (SSSR count). The van der Waals surface area contributed by atoms with Crippen molar-refractivity contribution < 1.29 is 19.8 Å². The molecule has 0 saturated heterocycles. The third kappa shape index (κ3) is 2.27. The third-order valence-corrected chi connectivity index (χ3v) is 3.99. The van der Waals surface area contributed by atoms with E-state index in [0.717, 1.165) is 6.08 Å². The Kier molecular flexibility index (Phi) is 3.38. The fraction of sp³-hybridized carbons (Fsp3) is 0.294. The van der Waals surface area contributed by atoms with Crippen LogP contribution in [0.1, 0.15) is 34.6 Å². The van der Waals surface area contributed by atoms with E-state index in [9.17, 15) is 19.8 Å². The molecule has 1 aromatic carbocycles. The molecular weight excluding hydrogens is 296 g/mol. The maximum absolute atomic E-state index is 12.9. The summed E-state index contributed by atoms with van der Waals surface area (Å²) in [5.74, 6) is -1.09. The van der Waals surface area contributed by atoms with Crippen LogP contribution in [0.25, 0.3) is 0 Å². The first-order chi connectivity index (χ1) is 10.7. The normalized spacial score (nSPS) is 29.8. The highest BCUT2D eigenvalue weighted by atomic mass is 16.3. The molecule has 2 unspecified atom stereocenters. The zero-order valence-electron chi connectivity index (χ0n) is 12.8. The summed E-state index contributed by atoms with van der Waals surface area (Å²) in [5, 5.41) is 24.1. The van der Waals surface area contributed by atoms with Gasteiger partial charge >= 0.3 is 0 Å². The fourth-order valence-electron chi connectivity index (χ4n) is 3.10. The van der Waals surface area contributed by atoms with Gasteiger partial charge in [0.25, 0.3) is 0 Å². The van der Waals surface area contributed by atoms with Crippen molar-refractivity contribution in [2.45, 2.75) is 31.3 Å². The maximum atomic E-state index is 12.9. The molecule has 1 aromatic rings. The third-order valence-electron chi connectivity index (χ3n) is 3.99. The van der Waals surface area contributed by atoms with Crippen molar-refractivity contribution in [2.75, 3.05) is 0 Å². The van der Waals surface area contributed by atoms with E-state index in [0.29, 0.717) is 0 Å². The number of carbonyl (C=O) groups is 2. The van der Waals surface area contributed by atoms with Gasteiger partial charge in [0.1, 0.15) is 0 Å². The molecule has 2 aliphatic carbocycles. The van der Waals surface area contributed by atoms with E-state index in [-0.39, 0.29) is 28.3 Å². The average Bonchev–Trinajstić information content (AvgIpc) is 2.47. The standard InChI is InChI=1S/C17H18N2O4/c1-9(2)19-17(23)8-7-16(18,22)12-13(17)15(21)11-6-4-3-5-10(11)14(12)20/h3-9,19,22-23H,18H2,1-2H3. The molecule has 0 heterocycles. The highest BCUT2D eigenvalue weighted by Crippen LogP contribution is 2.39. The van der Waals surface area contributed by atoms with Crippen LogP contribution in [0.4, 0.5) is 0 Å². The molecule has 2 aliphatic rings. The molecule has 0 saturated carbocycles. The van der Waals surface area contributed by atoms with Crippen LogP contribution >= 0.6 is 0 Å². The molecule has 6 heteroatoms. The van der Waals surface area contributed by atoms with Gasteiger partial charge in [0.15, 0.2) is 23.0 Å². The number of nitrogens with one attached hydrogen (secondary N) is 1. The molecule has 120 valence electrons. The minimum atomic E-state index is -2.11. The molecule has 5 N–H and O–H groups in total. The summed E-state index contributed by atoms with van der Waals surface area (Å²) in [5.41, 5.74) is 1.66. The van der Waals surface area contributed by atoms with Gasteiger partial charge in [-0.25, -0.2) is 0 Å². The minimum absolute atomic E-state index is 0.169. The summed E-state index contributed by atoms with van der Waals surface area (Å²) >= 11 is 0. The smallest absolute Gasteiger partial charge is 0.194 e. The predicted molar refractivity (Wildman–Crippen MR) is 83.6 cm³/mol. The number of carbonyl (C=O) groups excluding carboxylic acids is 2. The second kappa shape index (κ2) is 4.94. The van der Waals surface area contributed by atoms with Gasteiger partial charge in [-0.2, -0.15) is 0 Å². The van der Waals surface area contributed by atoms with Crippen molar-refractivity contribution in [3.63, 3.8) is 0 Å². The van der Waals surface area contributed by atoms with Crippen LogP contribution in [0.5, 0.6) is 0 Å². The number of fused-ring (bicyclic) bond motifs is 1. The Morgan fingerprint density at radius 3 is 2.04 bits per heavy atom. The second-order valence-corrected chi connectivity index (χ2v) is 6.18. The molecule has 0 spiro atoms. The number of rotatable bonds is 2. The van der Waals surface area contributed by atoms with Crippen LogP contribution in [-0.4, -0.2) is 39.3 Å². The highest BCUT2D eigenvalue weighted by molar-refractivity contribution is 6.28. The topological polar surface area (TPSA) is 113 Å². The van der Waals surface area contributed by atoms with Crippen LogP contribution in [0, 0.1) is 0 Å². The molecule has 0 aliphatic heterocycles. The average molecular weight is 314 g/mol. The molecule has 0 amide bonds. The van der Waals surface area contributed by atoms with Crippen LogP contribution in [0.2, 0.25) is 0 Å². The van der Waals surface area contributed by atoms with E-state index < -0.39 is 23.0 Å². The van der Waals surface area contributed by atoms with E-state index >= 15 is 0 Å². The van der Waals surface area contributed by atoms with Gasteiger partial charge < -0.3 is 10.2 Å². The Hall–Kier alpha value is -2.12. The van der Waals surface area contributed by atoms with Gasteiger partial charge in [-0.3, -0.25) is 20.6 Å². The zero-order valence-corrected chi connectivity index (χ0v) is 12.8. The van der Waals surface area contributed by atoms with Gasteiger partial charge in [0.2, 0.25) is 0 Å². The molecule has 0 bridgehead atoms. The molecule has 23 heavy (non-hydrogen) atoms. The van der Waals surface area contributed by atoms with Crippen LogP contribution in [0.15, 0.2) is 47.6 Å². The van der Waals surface area contributed by atoms with Crippen molar-refractivity contribution in [3.05, 3.63) is 58.7 Å². The van der Waals surface area contributed by atoms with Crippen LogP contribution < -0.4 is 11.1 Å². The zero-order chi connectivity index (χ0) is 17.0. The lowest BCUT2D eigenvalue weighted by Gasteiger charge is -2.40. The SMILES string of the molecule is CC(C)NC1(O)C=CC(N)(O)C2=C1C(=O)c1ccccc1C2=O. The number of hydrogen-bond acceptors (Lipinski definition) is 6. The molecule has 0 fully saturated rings. The number of aliphatic hydroxyl groups is 2. The monoisotopic (exact) mass is 314 g/mol. The first-order valence-corrected chi connectivity index (χ1v) is 7.33. The lowest BCUT2D eigenvalue weighted by atomic mass is 9.73. The van der Waals surface area contributed by atoms with E-state index in [1.54, 1.807) is 26.0 Å². The van der Waals surface area contributed by atoms with Crippen LogP contribution in [-0.2, 0) is 0 Å². The van der Waals surface area contributed by atoms with Gasteiger partial charge in [-0.1, -0.05) is 24.3 Å². The Morgan fingerprint density at radius 1 is 1.00 bits per heavy atom. The molecule has 0 radical (unpaired) electrons. The van der Waals surface area contributed by atoms with Crippen molar-refractivity contribution in [3.8, 4) is 0 Å². The summed E-state index contributed by atoms with van der Waals surface area (Å²) in [6, 6.07) is 6.11. The van der Waals surface area contributed by atoms with Crippen molar-refractivity contribution >= 4 is 11.6 Å². The van der Waals surface area contributed by atoms with Gasteiger partial charge in [0, 0.05) is 17.2 Å². The molecule has 6 nitrogen and oxygen atoms in total. The number of hydrogen-bond donors (Lipinski definition) is 4. The largest absolute Gasteiger partial charge is 0.368 e. The molecular formula is C17H18N2O4. The summed E-state index contributed by atoms with van der Waals surface area (Å²) in [6.45, 7) is 3.58. The van der Waals surface area contributed by atoms with Gasteiger partial charge in [0.05, 0.1) is 11.1 Å². The maximum Gasteiger partial charge on any atom is 0.194 e. The number of ketones is 2. The minimum Gasteiger partial charge on any atom is -0.368 e. The second-order valence-electron chi connectivity index (χ2n) is 6.18. The predicted octanol–water partition coefficient (Wildman–Crippen LogP) is 0.266. The van der Waals surface area contributed by atoms with Crippen LogP contribution in [0.3, 0.4) is 0 Å². The number of nitrogens with two attached hydrogens (primary N) is 1. The summed E-state index contributed by atoms with van der Waals surface area (Å²) in [6.07, 6.45) is 2.34. The lowest BCUT2D eigenvalue weighted by molar-refractivity contribution is 0.0494. The Bertz CT molecular complexity index is 777. The summed E-state index contributed by atoms with van der Waals surface area (Å²) < 4.78 is 0. The molecule has 0 aromatic heterocycles. The first-order valence-electron chi connectivity index (χ1n) is 7.33. The quantitative estimate of drug-likeness (QED) is 0.460. The van der Waals surface area contributed by atoms with E-state index in [2.05, 4.69) is 5.32 Å². The Labute approximate surface area is 133 Å². The number of benzene rings is 1.